The van der Waals surface area contributed by atoms with Crippen molar-refractivity contribution in [1.82, 2.24) is 14.7 Å². The van der Waals surface area contributed by atoms with E-state index in [1.165, 1.54) is 22.3 Å². The number of hydrogen-bond donors (Lipinski definition) is 1. The molecule has 2 aromatic rings. The van der Waals surface area contributed by atoms with Crippen LogP contribution in [0.4, 0.5) is 0 Å². The SMILES string of the molecule is Cc1ccccc1-c1ccc([C@@H]2[C@H](CO)N3CCCCN(C(=O)CN4CCOCC4)C[C@@H]23)cc1. The van der Waals surface area contributed by atoms with Crippen LogP contribution >= 0.6 is 0 Å². The van der Waals surface area contributed by atoms with Crippen molar-refractivity contribution in [2.45, 2.75) is 37.8 Å². The molecule has 3 saturated heterocycles. The second kappa shape index (κ2) is 10.6. The van der Waals surface area contributed by atoms with Crippen LogP contribution in [-0.4, -0.2) is 96.9 Å². The van der Waals surface area contributed by atoms with E-state index in [1.54, 1.807) is 0 Å². The Morgan fingerprint density at radius 1 is 1.00 bits per heavy atom. The summed E-state index contributed by atoms with van der Waals surface area (Å²) < 4.78 is 5.44. The number of fused-ring (bicyclic) bond motifs is 1. The van der Waals surface area contributed by atoms with E-state index in [1.807, 2.05) is 0 Å². The summed E-state index contributed by atoms with van der Waals surface area (Å²) in [5.74, 6) is 0.470. The van der Waals surface area contributed by atoms with Crippen LogP contribution in [0, 0.1) is 6.92 Å². The van der Waals surface area contributed by atoms with Gasteiger partial charge in [-0.3, -0.25) is 14.6 Å². The summed E-state index contributed by atoms with van der Waals surface area (Å²) in [6.45, 7) is 8.43. The minimum Gasteiger partial charge on any atom is -0.395 e. The van der Waals surface area contributed by atoms with Gasteiger partial charge in [-0.15, -0.1) is 0 Å². The van der Waals surface area contributed by atoms with E-state index in [9.17, 15) is 9.90 Å². The molecule has 2 aromatic carbocycles. The standard InChI is InChI=1S/C28H37N3O3/c1-21-6-2-3-7-24(21)22-8-10-23(11-9-22)28-25-18-30(12-4-5-13-31(25)26(28)20-32)27(33)19-29-14-16-34-17-15-29/h2-3,6-11,25-26,28,32H,4-5,12-20H2,1H3/t25-,26-,28-/m0/s1. The quantitative estimate of drug-likeness (QED) is 0.739. The lowest BCUT2D eigenvalue weighted by Crippen LogP contribution is -2.68. The molecule has 1 N–H and O–H groups in total. The monoisotopic (exact) mass is 463 g/mol. The Kier molecular flexibility index (Phi) is 7.30. The number of aliphatic hydroxyl groups excluding tert-OH is 1. The first-order chi connectivity index (χ1) is 16.7. The maximum atomic E-state index is 13.2. The van der Waals surface area contributed by atoms with Crippen LogP contribution in [0.25, 0.3) is 11.1 Å². The van der Waals surface area contributed by atoms with Crippen LogP contribution in [-0.2, 0) is 9.53 Å². The summed E-state index contributed by atoms with van der Waals surface area (Å²) in [5.41, 5.74) is 5.01. The van der Waals surface area contributed by atoms with Crippen LogP contribution in [0.1, 0.15) is 29.9 Å². The Hall–Kier alpha value is -2.25. The first-order valence-electron chi connectivity index (χ1n) is 12.8. The van der Waals surface area contributed by atoms with Gasteiger partial charge in [-0.25, -0.2) is 0 Å². The fourth-order valence-corrected chi connectivity index (χ4v) is 6.00. The zero-order valence-corrected chi connectivity index (χ0v) is 20.2. The minimum absolute atomic E-state index is 0.128. The molecule has 3 aliphatic rings. The van der Waals surface area contributed by atoms with Crippen molar-refractivity contribution in [3.63, 3.8) is 0 Å². The molecular weight excluding hydrogens is 426 g/mol. The maximum Gasteiger partial charge on any atom is 0.236 e. The van der Waals surface area contributed by atoms with Crippen molar-refractivity contribution in [2.24, 2.45) is 0 Å². The number of carbonyl (C=O) groups excluding carboxylic acids is 1. The molecule has 182 valence electrons. The third kappa shape index (κ3) is 4.78. The van der Waals surface area contributed by atoms with E-state index in [0.717, 1.165) is 45.6 Å². The maximum absolute atomic E-state index is 13.2. The van der Waals surface area contributed by atoms with Gasteiger partial charge in [0.1, 0.15) is 0 Å². The summed E-state index contributed by atoms with van der Waals surface area (Å²) in [5, 5.41) is 10.2. The number of morpholine rings is 1. The Morgan fingerprint density at radius 2 is 1.74 bits per heavy atom. The Labute approximate surface area is 203 Å². The van der Waals surface area contributed by atoms with Crippen LogP contribution in [0.15, 0.2) is 48.5 Å². The van der Waals surface area contributed by atoms with Gasteiger partial charge in [0, 0.05) is 44.2 Å². The summed E-state index contributed by atoms with van der Waals surface area (Å²) in [4.78, 5) is 19.9. The summed E-state index contributed by atoms with van der Waals surface area (Å²) in [7, 11) is 0. The third-order valence-corrected chi connectivity index (χ3v) is 7.94. The van der Waals surface area contributed by atoms with Gasteiger partial charge in [0.2, 0.25) is 5.91 Å². The molecular formula is C28H37N3O3. The fraction of sp³-hybridized carbons (Fsp3) is 0.536. The first kappa shape index (κ1) is 23.5. The number of aryl methyl sites for hydroxylation is 1. The first-order valence-corrected chi connectivity index (χ1v) is 12.8. The number of hydrogen-bond acceptors (Lipinski definition) is 5. The third-order valence-electron chi connectivity index (χ3n) is 7.94. The lowest BCUT2D eigenvalue weighted by atomic mass is 9.74. The van der Waals surface area contributed by atoms with Crippen LogP contribution < -0.4 is 0 Å². The van der Waals surface area contributed by atoms with Gasteiger partial charge in [0.15, 0.2) is 0 Å². The predicted molar refractivity (Wildman–Crippen MR) is 134 cm³/mol. The lowest BCUT2D eigenvalue weighted by molar-refractivity contribution is -0.138. The van der Waals surface area contributed by atoms with Gasteiger partial charge in [0.05, 0.1) is 26.4 Å². The molecule has 34 heavy (non-hydrogen) atoms. The molecule has 3 atom stereocenters. The molecule has 0 aromatic heterocycles. The highest BCUT2D eigenvalue weighted by atomic mass is 16.5. The molecule has 3 aliphatic heterocycles. The Balaban J connectivity index is 1.33. The van der Waals surface area contributed by atoms with E-state index in [2.05, 4.69) is 70.2 Å². The molecule has 5 rings (SSSR count). The highest BCUT2D eigenvalue weighted by Gasteiger charge is 2.49. The van der Waals surface area contributed by atoms with E-state index >= 15 is 0 Å². The number of carbonyl (C=O) groups is 1. The van der Waals surface area contributed by atoms with Crippen LogP contribution in [0.5, 0.6) is 0 Å². The Bertz CT molecular complexity index is 973. The molecule has 3 heterocycles. The molecule has 0 unspecified atom stereocenters. The van der Waals surface area contributed by atoms with Crippen molar-refractivity contribution in [2.75, 3.05) is 59.1 Å². The van der Waals surface area contributed by atoms with Gasteiger partial charge < -0.3 is 14.7 Å². The van der Waals surface area contributed by atoms with E-state index in [4.69, 9.17) is 4.74 Å². The van der Waals surface area contributed by atoms with Crippen molar-refractivity contribution >= 4 is 5.91 Å². The highest BCUT2D eigenvalue weighted by molar-refractivity contribution is 5.78. The van der Waals surface area contributed by atoms with E-state index < -0.39 is 0 Å². The van der Waals surface area contributed by atoms with Crippen LogP contribution in [0.3, 0.4) is 0 Å². The Morgan fingerprint density at radius 3 is 2.47 bits per heavy atom. The molecule has 6 nitrogen and oxygen atoms in total. The summed E-state index contributed by atoms with van der Waals surface area (Å²) >= 11 is 0. The number of nitrogens with zero attached hydrogens (tertiary/aromatic N) is 3. The molecule has 0 radical (unpaired) electrons. The van der Waals surface area contributed by atoms with Crippen molar-refractivity contribution in [3.8, 4) is 11.1 Å². The van der Waals surface area contributed by atoms with Gasteiger partial charge in [-0.1, -0.05) is 48.5 Å². The largest absolute Gasteiger partial charge is 0.395 e. The molecule has 6 heteroatoms. The van der Waals surface area contributed by atoms with Crippen molar-refractivity contribution in [3.05, 3.63) is 59.7 Å². The van der Waals surface area contributed by atoms with E-state index in [0.29, 0.717) is 19.8 Å². The average molecular weight is 464 g/mol. The second-order valence-corrected chi connectivity index (χ2v) is 9.95. The second-order valence-electron chi connectivity index (χ2n) is 9.95. The molecule has 3 fully saturated rings. The summed E-state index contributed by atoms with van der Waals surface area (Å²) in [6.07, 6.45) is 2.08. The molecule has 0 spiro atoms. The van der Waals surface area contributed by atoms with Crippen LogP contribution in [0.2, 0.25) is 0 Å². The van der Waals surface area contributed by atoms with Crippen molar-refractivity contribution < 1.29 is 14.6 Å². The zero-order valence-electron chi connectivity index (χ0n) is 20.2. The fourth-order valence-electron chi connectivity index (χ4n) is 6.00. The normalized spacial score (nSPS) is 26.3. The topological polar surface area (TPSA) is 56.2 Å². The van der Waals surface area contributed by atoms with Gasteiger partial charge in [0.25, 0.3) is 0 Å². The highest BCUT2D eigenvalue weighted by Crippen LogP contribution is 2.42. The van der Waals surface area contributed by atoms with E-state index in [-0.39, 0.29) is 30.5 Å². The smallest absolute Gasteiger partial charge is 0.236 e. The molecule has 1 amide bonds. The number of amides is 1. The van der Waals surface area contributed by atoms with Gasteiger partial charge >= 0.3 is 0 Å². The predicted octanol–water partition coefficient (Wildman–Crippen LogP) is 2.75. The molecule has 0 saturated carbocycles. The van der Waals surface area contributed by atoms with Gasteiger partial charge in [-0.05, 0) is 48.6 Å². The molecule has 0 bridgehead atoms. The number of benzene rings is 2. The number of ether oxygens (including phenoxy) is 1. The number of rotatable bonds is 5. The summed E-state index contributed by atoms with van der Waals surface area (Å²) in [6, 6.07) is 17.7. The zero-order chi connectivity index (χ0) is 23.5. The number of aliphatic hydroxyl groups is 1. The lowest BCUT2D eigenvalue weighted by Gasteiger charge is -2.57. The molecule has 0 aliphatic carbocycles. The minimum atomic E-state index is 0.128. The average Bonchev–Trinajstić information content (AvgIpc) is 2.84. The van der Waals surface area contributed by atoms with Gasteiger partial charge in [-0.2, -0.15) is 0 Å². The van der Waals surface area contributed by atoms with Crippen molar-refractivity contribution in [1.29, 1.82) is 0 Å².